The summed E-state index contributed by atoms with van der Waals surface area (Å²) in [6.45, 7) is 4.64. The molecule has 0 N–H and O–H groups in total. The molecule has 4 nitrogen and oxygen atoms in total. The zero-order valence-corrected chi connectivity index (χ0v) is 28.7. The van der Waals surface area contributed by atoms with Gasteiger partial charge in [0.05, 0.1) is 0 Å². The highest BCUT2D eigenvalue weighted by Gasteiger charge is 2.37. The third kappa shape index (κ3) is 4.24. The van der Waals surface area contributed by atoms with Gasteiger partial charge in [-0.1, -0.05) is 86.6 Å². The number of oxazole rings is 1. The Labute approximate surface area is 300 Å². The van der Waals surface area contributed by atoms with Gasteiger partial charge in [0.25, 0.3) is 0 Å². The zero-order chi connectivity index (χ0) is 34.6. The Morgan fingerprint density at radius 1 is 0.462 bits per heavy atom. The number of hydrogen-bond acceptors (Lipinski definition) is 4. The monoisotopic (exact) mass is 668 g/mol. The van der Waals surface area contributed by atoms with Crippen molar-refractivity contribution in [2.24, 2.45) is 0 Å². The molecule has 2 aromatic heterocycles. The lowest BCUT2D eigenvalue weighted by Gasteiger charge is -2.26. The van der Waals surface area contributed by atoms with Crippen LogP contribution in [0.5, 0.6) is 0 Å². The fourth-order valence-corrected chi connectivity index (χ4v) is 8.42. The lowest BCUT2D eigenvalue weighted by Crippen LogP contribution is -2.14. The van der Waals surface area contributed by atoms with Crippen LogP contribution >= 0.6 is 0 Å². The van der Waals surface area contributed by atoms with E-state index in [2.05, 4.69) is 134 Å². The summed E-state index contributed by atoms with van der Waals surface area (Å²) >= 11 is 0. The number of benzene rings is 8. The fourth-order valence-electron chi connectivity index (χ4n) is 8.42. The van der Waals surface area contributed by atoms with Gasteiger partial charge in [0, 0.05) is 38.8 Å². The van der Waals surface area contributed by atoms with Gasteiger partial charge < -0.3 is 13.7 Å². The summed E-state index contributed by atoms with van der Waals surface area (Å²) in [4.78, 5) is 7.23. The molecule has 0 amide bonds. The summed E-state index contributed by atoms with van der Waals surface area (Å²) in [6.07, 6.45) is 0. The van der Waals surface area contributed by atoms with Crippen molar-refractivity contribution in [2.45, 2.75) is 19.3 Å². The fraction of sp³-hybridized carbons (Fsp3) is 0.0625. The summed E-state index contributed by atoms with van der Waals surface area (Å²) in [6, 6.07) is 56.1. The molecule has 1 aliphatic carbocycles. The predicted molar refractivity (Wildman–Crippen MR) is 214 cm³/mol. The predicted octanol–water partition coefficient (Wildman–Crippen LogP) is 13.5. The molecule has 52 heavy (non-hydrogen) atoms. The summed E-state index contributed by atoms with van der Waals surface area (Å²) in [5.41, 5.74) is 12.7. The third-order valence-electron chi connectivity index (χ3n) is 11.0. The summed E-state index contributed by atoms with van der Waals surface area (Å²) in [5, 5.41) is 7.13. The second-order valence-corrected chi connectivity index (χ2v) is 14.4. The molecule has 0 aliphatic heterocycles. The second-order valence-electron chi connectivity index (χ2n) is 14.4. The Hall–Kier alpha value is -6.65. The topological polar surface area (TPSA) is 42.4 Å². The van der Waals surface area contributed by atoms with Crippen LogP contribution in [0.1, 0.15) is 25.0 Å². The maximum absolute atomic E-state index is 6.35. The zero-order valence-electron chi connectivity index (χ0n) is 28.7. The SMILES string of the molecule is CC1(C)c2cc3ccc4cc(N(c5ccccc5)c5ccc6oc7ccccc7c6c5)ccc4c3cc2-c2cc3oc(-c4ccccc4)nc3cc21. The molecule has 10 aromatic rings. The van der Waals surface area contributed by atoms with E-state index in [9.17, 15) is 0 Å². The molecule has 11 rings (SSSR count). The molecule has 8 aromatic carbocycles. The van der Waals surface area contributed by atoms with E-state index >= 15 is 0 Å². The van der Waals surface area contributed by atoms with Crippen molar-refractivity contribution < 1.29 is 8.83 Å². The van der Waals surface area contributed by atoms with Gasteiger partial charge in [-0.25, -0.2) is 4.98 Å². The van der Waals surface area contributed by atoms with Crippen LogP contribution in [0.15, 0.2) is 167 Å². The summed E-state index contributed by atoms with van der Waals surface area (Å²) in [5.74, 6) is 0.653. The molecule has 0 atom stereocenters. The van der Waals surface area contributed by atoms with Crippen molar-refractivity contribution in [1.29, 1.82) is 0 Å². The van der Waals surface area contributed by atoms with Gasteiger partial charge in [-0.15, -0.1) is 0 Å². The average molecular weight is 669 g/mol. The number of anilines is 3. The quantitative estimate of drug-likeness (QED) is 0.175. The lowest BCUT2D eigenvalue weighted by atomic mass is 9.81. The normalized spacial score (nSPS) is 13.3. The number of aromatic nitrogens is 1. The van der Waals surface area contributed by atoms with Crippen LogP contribution in [0.2, 0.25) is 0 Å². The van der Waals surface area contributed by atoms with Gasteiger partial charge in [0.1, 0.15) is 16.7 Å². The molecule has 0 saturated heterocycles. The van der Waals surface area contributed by atoms with E-state index < -0.39 is 0 Å². The van der Waals surface area contributed by atoms with Crippen LogP contribution in [0.25, 0.3) is 77.2 Å². The number of para-hydroxylation sites is 2. The number of furan rings is 1. The molecule has 0 spiro atoms. The van der Waals surface area contributed by atoms with Crippen molar-refractivity contribution in [1.82, 2.24) is 4.98 Å². The van der Waals surface area contributed by atoms with Crippen molar-refractivity contribution >= 4 is 71.6 Å². The first-order valence-corrected chi connectivity index (χ1v) is 17.8. The number of fused-ring (bicyclic) bond motifs is 10. The number of nitrogens with zero attached hydrogens (tertiary/aromatic N) is 2. The molecule has 2 heterocycles. The van der Waals surface area contributed by atoms with E-state index in [1.807, 2.05) is 42.5 Å². The van der Waals surface area contributed by atoms with Crippen molar-refractivity contribution in [3.63, 3.8) is 0 Å². The Balaban J connectivity index is 1.06. The molecule has 0 fully saturated rings. The van der Waals surface area contributed by atoms with Crippen LogP contribution in [0.3, 0.4) is 0 Å². The molecular formula is C48H32N2O2. The first kappa shape index (κ1) is 29.1. The smallest absolute Gasteiger partial charge is 0.227 e. The van der Waals surface area contributed by atoms with E-state index in [1.165, 1.54) is 43.8 Å². The third-order valence-corrected chi connectivity index (χ3v) is 11.0. The van der Waals surface area contributed by atoms with Crippen molar-refractivity contribution in [2.75, 3.05) is 4.90 Å². The number of rotatable bonds is 4. The van der Waals surface area contributed by atoms with Gasteiger partial charge in [0.15, 0.2) is 5.58 Å². The minimum absolute atomic E-state index is 0.171. The van der Waals surface area contributed by atoms with Gasteiger partial charge in [-0.3, -0.25) is 0 Å². The maximum Gasteiger partial charge on any atom is 0.227 e. The van der Waals surface area contributed by atoms with E-state index in [0.29, 0.717) is 5.89 Å². The van der Waals surface area contributed by atoms with Crippen molar-refractivity contribution in [3.8, 4) is 22.6 Å². The summed E-state index contributed by atoms with van der Waals surface area (Å²) in [7, 11) is 0. The first-order chi connectivity index (χ1) is 25.5. The van der Waals surface area contributed by atoms with Gasteiger partial charge in [0.2, 0.25) is 5.89 Å². The minimum Gasteiger partial charge on any atom is -0.456 e. The second kappa shape index (κ2) is 10.7. The Bertz CT molecular complexity index is 3040. The molecule has 1 aliphatic rings. The van der Waals surface area contributed by atoms with Crippen molar-refractivity contribution in [3.05, 3.63) is 169 Å². The van der Waals surface area contributed by atoms with Crippen LogP contribution in [0.4, 0.5) is 17.1 Å². The highest BCUT2D eigenvalue weighted by molar-refractivity contribution is 6.12. The van der Waals surface area contributed by atoms with E-state index in [-0.39, 0.29) is 5.41 Å². The minimum atomic E-state index is -0.171. The first-order valence-electron chi connectivity index (χ1n) is 17.8. The average Bonchev–Trinajstić information content (AvgIpc) is 3.84. The van der Waals surface area contributed by atoms with Crippen LogP contribution in [0, 0.1) is 0 Å². The van der Waals surface area contributed by atoms with Crippen LogP contribution < -0.4 is 4.90 Å². The van der Waals surface area contributed by atoms with Crippen LogP contribution in [-0.2, 0) is 5.41 Å². The molecule has 0 unspecified atom stereocenters. The lowest BCUT2D eigenvalue weighted by molar-refractivity contribution is 0.619. The summed E-state index contributed by atoms with van der Waals surface area (Å²) < 4.78 is 12.5. The van der Waals surface area contributed by atoms with Gasteiger partial charge >= 0.3 is 0 Å². The Morgan fingerprint density at radius 3 is 1.98 bits per heavy atom. The molecule has 4 heteroatoms. The molecule has 0 radical (unpaired) electrons. The Morgan fingerprint density at radius 2 is 1.13 bits per heavy atom. The molecule has 0 bridgehead atoms. The number of hydrogen-bond donors (Lipinski definition) is 0. The molecule has 0 saturated carbocycles. The Kier molecular flexibility index (Phi) is 5.98. The standard InChI is InChI=1S/C48H32N2O2/c1-48(2)41-24-31-18-17-30-23-33(50(32-13-7-4-8-14-32)34-20-22-45-40(25-34)36-15-9-10-16-44(36)51-45)19-21-35(30)37(31)26-38(41)39-27-46-43(28-42(39)48)49-47(52-46)29-11-5-3-6-12-29/h3-28H,1-2H3. The molecular weight excluding hydrogens is 637 g/mol. The highest BCUT2D eigenvalue weighted by Crippen LogP contribution is 2.52. The van der Waals surface area contributed by atoms with Crippen LogP contribution in [-0.4, -0.2) is 4.98 Å². The van der Waals surface area contributed by atoms with E-state index in [1.54, 1.807) is 0 Å². The largest absolute Gasteiger partial charge is 0.456 e. The maximum atomic E-state index is 6.35. The molecule has 246 valence electrons. The van der Waals surface area contributed by atoms with E-state index in [4.69, 9.17) is 13.8 Å². The van der Waals surface area contributed by atoms with E-state index in [0.717, 1.165) is 55.7 Å². The highest BCUT2D eigenvalue weighted by atomic mass is 16.3. The van der Waals surface area contributed by atoms with Gasteiger partial charge in [-0.05, 0) is 129 Å². The van der Waals surface area contributed by atoms with Gasteiger partial charge in [-0.2, -0.15) is 0 Å².